The van der Waals surface area contributed by atoms with Crippen molar-refractivity contribution in [1.82, 2.24) is 5.32 Å². The van der Waals surface area contributed by atoms with E-state index in [2.05, 4.69) is 19.2 Å². The molecule has 2 atom stereocenters. The third-order valence-corrected chi connectivity index (χ3v) is 2.45. The van der Waals surface area contributed by atoms with Crippen molar-refractivity contribution in [3.05, 3.63) is 0 Å². The van der Waals surface area contributed by atoms with Crippen LogP contribution in [0.4, 0.5) is 0 Å². The molecule has 0 saturated carbocycles. The molecule has 60 valence electrons. The van der Waals surface area contributed by atoms with Gasteiger partial charge in [-0.15, -0.1) is 0 Å². The summed E-state index contributed by atoms with van der Waals surface area (Å²) in [6.45, 7) is 4.57. The highest BCUT2D eigenvalue weighted by molar-refractivity contribution is 4.74. The van der Waals surface area contributed by atoms with Crippen molar-refractivity contribution in [3.63, 3.8) is 0 Å². The SMILES string of the molecule is CC[C@@H]1CCCC[C@H](C)N1. The van der Waals surface area contributed by atoms with Crippen molar-refractivity contribution < 1.29 is 0 Å². The van der Waals surface area contributed by atoms with Crippen molar-refractivity contribution in [3.8, 4) is 0 Å². The molecule has 1 aliphatic rings. The van der Waals surface area contributed by atoms with Gasteiger partial charge in [-0.25, -0.2) is 0 Å². The minimum atomic E-state index is 0.757. The summed E-state index contributed by atoms with van der Waals surface area (Å²) >= 11 is 0. The van der Waals surface area contributed by atoms with Crippen LogP contribution in [0.3, 0.4) is 0 Å². The molecule has 0 bridgehead atoms. The zero-order chi connectivity index (χ0) is 7.40. The van der Waals surface area contributed by atoms with Crippen LogP contribution in [0, 0.1) is 0 Å². The molecular weight excluding hydrogens is 122 g/mol. The maximum atomic E-state index is 3.63. The molecule has 0 spiro atoms. The van der Waals surface area contributed by atoms with E-state index in [1.165, 1.54) is 32.1 Å². The third-order valence-electron chi connectivity index (χ3n) is 2.45. The third kappa shape index (κ3) is 2.30. The van der Waals surface area contributed by atoms with Gasteiger partial charge in [0, 0.05) is 12.1 Å². The Hall–Kier alpha value is -0.0400. The van der Waals surface area contributed by atoms with Crippen molar-refractivity contribution in [1.29, 1.82) is 0 Å². The molecule has 1 rings (SSSR count). The van der Waals surface area contributed by atoms with Gasteiger partial charge in [0.25, 0.3) is 0 Å². The first-order valence-electron chi connectivity index (χ1n) is 4.59. The second kappa shape index (κ2) is 3.97. The average Bonchev–Trinajstić information content (AvgIpc) is 2.13. The van der Waals surface area contributed by atoms with E-state index in [1.807, 2.05) is 0 Å². The Morgan fingerprint density at radius 3 is 2.70 bits per heavy atom. The number of hydrogen-bond donors (Lipinski definition) is 1. The Morgan fingerprint density at radius 1 is 1.30 bits per heavy atom. The number of nitrogens with one attached hydrogen (secondary N) is 1. The van der Waals surface area contributed by atoms with Crippen LogP contribution in [0.25, 0.3) is 0 Å². The molecule has 10 heavy (non-hydrogen) atoms. The summed E-state index contributed by atoms with van der Waals surface area (Å²) in [5.41, 5.74) is 0. The lowest BCUT2D eigenvalue weighted by Crippen LogP contribution is -2.33. The second-order valence-corrected chi connectivity index (χ2v) is 3.46. The van der Waals surface area contributed by atoms with Gasteiger partial charge in [-0.05, 0) is 26.2 Å². The molecule has 1 N–H and O–H groups in total. The first kappa shape index (κ1) is 8.06. The molecule has 1 aliphatic heterocycles. The van der Waals surface area contributed by atoms with Gasteiger partial charge in [0.05, 0.1) is 0 Å². The Bertz CT molecular complexity index is 90.7. The van der Waals surface area contributed by atoms with E-state index < -0.39 is 0 Å². The summed E-state index contributed by atoms with van der Waals surface area (Å²) in [7, 11) is 0. The predicted molar refractivity (Wildman–Crippen MR) is 45.1 cm³/mol. The van der Waals surface area contributed by atoms with E-state index in [9.17, 15) is 0 Å². The quantitative estimate of drug-likeness (QED) is 0.591. The Morgan fingerprint density at radius 2 is 2.00 bits per heavy atom. The highest BCUT2D eigenvalue weighted by atomic mass is 14.9. The zero-order valence-corrected chi connectivity index (χ0v) is 7.19. The van der Waals surface area contributed by atoms with Gasteiger partial charge in [-0.2, -0.15) is 0 Å². The molecular formula is C9H19N. The van der Waals surface area contributed by atoms with Gasteiger partial charge in [-0.1, -0.05) is 19.8 Å². The zero-order valence-electron chi connectivity index (χ0n) is 7.19. The largest absolute Gasteiger partial charge is 0.312 e. The Labute approximate surface area is 64.2 Å². The fourth-order valence-electron chi connectivity index (χ4n) is 1.73. The van der Waals surface area contributed by atoms with Gasteiger partial charge in [0.2, 0.25) is 0 Å². The van der Waals surface area contributed by atoms with Gasteiger partial charge in [-0.3, -0.25) is 0 Å². The molecule has 0 unspecified atom stereocenters. The first-order valence-corrected chi connectivity index (χ1v) is 4.59. The summed E-state index contributed by atoms with van der Waals surface area (Å²) < 4.78 is 0. The molecule has 0 amide bonds. The second-order valence-electron chi connectivity index (χ2n) is 3.46. The minimum Gasteiger partial charge on any atom is -0.312 e. The molecule has 0 aliphatic carbocycles. The molecule has 0 aromatic rings. The Kier molecular flexibility index (Phi) is 3.20. The molecule has 1 saturated heterocycles. The van der Waals surface area contributed by atoms with E-state index in [0.29, 0.717) is 0 Å². The average molecular weight is 141 g/mol. The molecule has 1 nitrogen and oxygen atoms in total. The van der Waals surface area contributed by atoms with Crippen LogP contribution < -0.4 is 5.32 Å². The van der Waals surface area contributed by atoms with E-state index >= 15 is 0 Å². The maximum Gasteiger partial charge on any atom is 0.00669 e. The van der Waals surface area contributed by atoms with Crippen LogP contribution in [0.5, 0.6) is 0 Å². The maximum absolute atomic E-state index is 3.63. The van der Waals surface area contributed by atoms with E-state index in [0.717, 1.165) is 12.1 Å². The predicted octanol–water partition coefficient (Wildman–Crippen LogP) is 2.32. The van der Waals surface area contributed by atoms with Gasteiger partial charge >= 0.3 is 0 Å². The lowest BCUT2D eigenvalue weighted by atomic mass is 10.1. The standard InChI is InChI=1S/C9H19N/c1-3-9-7-5-4-6-8(2)10-9/h8-10H,3-7H2,1-2H3/t8-,9+/m0/s1. The number of hydrogen-bond acceptors (Lipinski definition) is 1. The summed E-state index contributed by atoms with van der Waals surface area (Å²) in [6, 6.07) is 1.56. The Balaban J connectivity index is 2.30. The molecule has 0 aromatic carbocycles. The van der Waals surface area contributed by atoms with Gasteiger partial charge in [0.15, 0.2) is 0 Å². The summed E-state index contributed by atoms with van der Waals surface area (Å²) in [5.74, 6) is 0. The number of rotatable bonds is 1. The van der Waals surface area contributed by atoms with Gasteiger partial charge < -0.3 is 5.32 Å². The highest BCUT2D eigenvalue weighted by Gasteiger charge is 2.13. The van der Waals surface area contributed by atoms with Crippen LogP contribution >= 0.6 is 0 Å². The molecule has 1 heteroatoms. The van der Waals surface area contributed by atoms with Crippen LogP contribution in [-0.4, -0.2) is 12.1 Å². The van der Waals surface area contributed by atoms with E-state index in [1.54, 1.807) is 0 Å². The lowest BCUT2D eigenvalue weighted by Gasteiger charge is -2.17. The van der Waals surface area contributed by atoms with Gasteiger partial charge in [0.1, 0.15) is 0 Å². The van der Waals surface area contributed by atoms with Crippen LogP contribution in [0.1, 0.15) is 46.0 Å². The molecule has 1 fully saturated rings. The first-order chi connectivity index (χ1) is 4.83. The van der Waals surface area contributed by atoms with Crippen molar-refractivity contribution in [2.24, 2.45) is 0 Å². The highest BCUT2D eigenvalue weighted by Crippen LogP contribution is 2.13. The van der Waals surface area contributed by atoms with Crippen molar-refractivity contribution in [2.75, 3.05) is 0 Å². The minimum absolute atomic E-state index is 0.757. The molecule has 0 aromatic heterocycles. The van der Waals surface area contributed by atoms with Crippen LogP contribution in [0.2, 0.25) is 0 Å². The van der Waals surface area contributed by atoms with Crippen molar-refractivity contribution in [2.45, 2.75) is 58.0 Å². The van der Waals surface area contributed by atoms with E-state index in [4.69, 9.17) is 0 Å². The fraction of sp³-hybridized carbons (Fsp3) is 1.00. The summed E-state index contributed by atoms with van der Waals surface area (Å²) in [4.78, 5) is 0. The summed E-state index contributed by atoms with van der Waals surface area (Å²) in [5, 5.41) is 3.63. The van der Waals surface area contributed by atoms with Crippen LogP contribution in [0.15, 0.2) is 0 Å². The lowest BCUT2D eigenvalue weighted by molar-refractivity contribution is 0.439. The monoisotopic (exact) mass is 141 g/mol. The summed E-state index contributed by atoms with van der Waals surface area (Å²) in [6.07, 6.45) is 6.90. The topological polar surface area (TPSA) is 12.0 Å². The smallest absolute Gasteiger partial charge is 0.00669 e. The van der Waals surface area contributed by atoms with Crippen molar-refractivity contribution >= 4 is 0 Å². The fourth-order valence-corrected chi connectivity index (χ4v) is 1.73. The molecule has 1 heterocycles. The van der Waals surface area contributed by atoms with Crippen LogP contribution in [-0.2, 0) is 0 Å². The molecule has 0 radical (unpaired) electrons. The van der Waals surface area contributed by atoms with E-state index in [-0.39, 0.29) is 0 Å². The normalized spacial score (nSPS) is 35.4.